The number of H-pyrrole nitrogens is 1. The van der Waals surface area contributed by atoms with E-state index in [4.69, 9.17) is 22.3 Å². The summed E-state index contributed by atoms with van der Waals surface area (Å²) in [7, 11) is 0. The number of hydrogen-bond donors (Lipinski definition) is 15. The number of amides is 8. The molecular formula is C34H58N12O12S. The van der Waals surface area contributed by atoms with Crippen LogP contribution in [0.2, 0.25) is 0 Å². The molecule has 8 amide bonds. The van der Waals surface area contributed by atoms with E-state index in [1.165, 1.54) is 19.4 Å². The molecule has 1 heterocycles. The van der Waals surface area contributed by atoms with E-state index in [0.29, 0.717) is 12.1 Å². The van der Waals surface area contributed by atoms with Gasteiger partial charge in [0.15, 0.2) is 0 Å². The number of aliphatic hydroxyl groups excluding tert-OH is 2. The molecule has 24 nitrogen and oxygen atoms in total. The van der Waals surface area contributed by atoms with Crippen LogP contribution in [0.15, 0.2) is 12.5 Å². The fourth-order valence-corrected chi connectivity index (χ4v) is 5.41. The number of carbonyl (C=O) groups excluding carboxylic acids is 8. The van der Waals surface area contributed by atoms with Gasteiger partial charge >= 0.3 is 5.97 Å². The Kier molecular flexibility index (Phi) is 23.3. The van der Waals surface area contributed by atoms with Gasteiger partial charge in [0.2, 0.25) is 47.3 Å². The molecule has 0 aliphatic carbocycles. The number of aromatic amines is 1. The van der Waals surface area contributed by atoms with Gasteiger partial charge in [0, 0.05) is 24.8 Å². The van der Waals surface area contributed by atoms with E-state index in [2.05, 4.69) is 59.8 Å². The highest BCUT2D eigenvalue weighted by Crippen LogP contribution is 2.08. The van der Waals surface area contributed by atoms with Crippen LogP contribution in [-0.4, -0.2) is 152 Å². The van der Waals surface area contributed by atoms with Gasteiger partial charge in [0.1, 0.15) is 48.3 Å². The first-order valence-corrected chi connectivity index (χ1v) is 19.3. The predicted octanol–water partition coefficient (Wildman–Crippen LogP) is -6.26. The van der Waals surface area contributed by atoms with Crippen molar-refractivity contribution in [3.63, 3.8) is 0 Å². The van der Waals surface area contributed by atoms with Crippen LogP contribution >= 0.6 is 12.6 Å². The Morgan fingerprint density at radius 1 is 0.712 bits per heavy atom. The number of carboxylic acid groups (broad SMARTS) is 1. The molecule has 0 fully saturated rings. The number of nitrogens with zero attached hydrogens (tertiary/aromatic N) is 1. The van der Waals surface area contributed by atoms with Gasteiger partial charge in [-0.1, -0.05) is 13.8 Å². The van der Waals surface area contributed by atoms with E-state index < -0.39 is 127 Å². The van der Waals surface area contributed by atoms with Gasteiger partial charge in [-0.25, -0.2) is 9.78 Å². The molecule has 17 N–H and O–H groups in total. The molecular weight excluding hydrogens is 801 g/mol. The number of carboxylic acids is 1. The lowest BCUT2D eigenvalue weighted by Crippen LogP contribution is -2.61. The number of imidazole rings is 1. The van der Waals surface area contributed by atoms with Gasteiger partial charge in [0.05, 0.1) is 25.2 Å². The molecule has 1 aromatic heterocycles. The zero-order chi connectivity index (χ0) is 44.8. The average Bonchev–Trinajstić information content (AvgIpc) is 3.70. The van der Waals surface area contributed by atoms with Gasteiger partial charge in [0.25, 0.3) is 0 Å². The molecule has 0 aromatic carbocycles. The molecule has 0 aliphatic rings. The van der Waals surface area contributed by atoms with Gasteiger partial charge in [-0.15, -0.1) is 0 Å². The summed E-state index contributed by atoms with van der Waals surface area (Å²) in [6.45, 7) is 3.00. The highest BCUT2D eigenvalue weighted by Gasteiger charge is 2.34. The second-order valence-electron chi connectivity index (χ2n) is 13.8. The third-order valence-corrected chi connectivity index (χ3v) is 9.01. The van der Waals surface area contributed by atoms with E-state index in [1.807, 2.05) is 0 Å². The summed E-state index contributed by atoms with van der Waals surface area (Å²) in [5.41, 5.74) is 16.7. The molecule has 0 bridgehead atoms. The number of aromatic nitrogens is 2. The quantitative estimate of drug-likeness (QED) is 0.0275. The summed E-state index contributed by atoms with van der Waals surface area (Å²) in [6.07, 6.45) is 2.37. The number of aliphatic carboxylic acids is 1. The van der Waals surface area contributed by atoms with Crippen LogP contribution < -0.4 is 54.4 Å². The average molecular weight is 859 g/mol. The van der Waals surface area contributed by atoms with E-state index in [1.54, 1.807) is 13.8 Å². The lowest BCUT2D eigenvalue weighted by atomic mass is 10.0. The molecule has 1 rings (SSSR count). The van der Waals surface area contributed by atoms with E-state index in [9.17, 15) is 53.4 Å². The van der Waals surface area contributed by atoms with E-state index in [0.717, 1.165) is 0 Å². The molecule has 0 aliphatic heterocycles. The fraction of sp³-hybridized carbons (Fsp3) is 0.647. The van der Waals surface area contributed by atoms with Crippen molar-refractivity contribution in [2.45, 2.75) is 108 Å². The first kappa shape index (κ1) is 51.6. The summed E-state index contributed by atoms with van der Waals surface area (Å²) in [6, 6.07) is -11.3. The highest BCUT2D eigenvalue weighted by molar-refractivity contribution is 7.80. The largest absolute Gasteiger partial charge is 0.480 e. The minimum Gasteiger partial charge on any atom is -0.480 e. The Morgan fingerprint density at radius 3 is 1.73 bits per heavy atom. The maximum Gasteiger partial charge on any atom is 0.326 e. The van der Waals surface area contributed by atoms with Crippen molar-refractivity contribution in [2.75, 3.05) is 25.5 Å². The highest BCUT2D eigenvalue weighted by atomic mass is 32.1. The second kappa shape index (κ2) is 26.6. The molecule has 0 radical (unpaired) electrons. The standard InChI is InChI=1S/C34H58N12O12S/c1-16(2)26(34(57)58)46-27(50)17(3)40-31(54)22(10-18-11-38-15-39-18)43-30(53)21(7-8-25(37)49)42-29(52)20(6-4-5-9-35)41-32(55)23(13-48)44-33(56)24(14-59)45-28(51)19(36)12-47/h11,15-17,19-24,26,47-48,59H,4-10,12-14,35-36H2,1-3H3,(H2,37,49)(H,38,39)(H,40,54)(H,41,55)(H,42,52)(H,43,53)(H,44,56)(H,45,51)(H,46,50)(H,57,58)/t17-,19-,20-,21-,22-,23-,24-,26-/m0/s1. The van der Waals surface area contributed by atoms with Crippen molar-refractivity contribution in [1.82, 2.24) is 47.2 Å². The second-order valence-corrected chi connectivity index (χ2v) is 14.2. The van der Waals surface area contributed by atoms with Crippen LogP contribution in [0, 0.1) is 5.92 Å². The monoisotopic (exact) mass is 858 g/mol. The summed E-state index contributed by atoms with van der Waals surface area (Å²) in [5, 5.41) is 45.2. The van der Waals surface area contributed by atoms with Crippen LogP contribution in [0.5, 0.6) is 0 Å². The number of rotatable bonds is 28. The van der Waals surface area contributed by atoms with Crippen molar-refractivity contribution < 1.29 is 58.5 Å². The molecule has 332 valence electrons. The van der Waals surface area contributed by atoms with Crippen LogP contribution in [0.3, 0.4) is 0 Å². The Hall–Kier alpha value is -5.37. The fourth-order valence-electron chi connectivity index (χ4n) is 5.15. The van der Waals surface area contributed by atoms with Crippen molar-refractivity contribution >= 4 is 65.9 Å². The molecule has 0 saturated carbocycles. The van der Waals surface area contributed by atoms with Crippen LogP contribution in [0.4, 0.5) is 0 Å². The van der Waals surface area contributed by atoms with Gasteiger partial charge < -0.3 is 74.7 Å². The Labute approximate surface area is 345 Å². The number of nitrogens with one attached hydrogen (secondary N) is 8. The van der Waals surface area contributed by atoms with Gasteiger partial charge in [-0.3, -0.25) is 38.4 Å². The molecule has 0 spiro atoms. The Balaban J connectivity index is 3.30. The van der Waals surface area contributed by atoms with E-state index >= 15 is 0 Å². The summed E-state index contributed by atoms with van der Waals surface area (Å²) >= 11 is 4.01. The molecule has 25 heteroatoms. The number of unbranched alkanes of at least 4 members (excludes halogenated alkanes) is 1. The summed E-state index contributed by atoms with van der Waals surface area (Å²) in [5.74, 6) is -9.40. The molecule has 8 atom stereocenters. The number of aliphatic hydroxyl groups is 2. The molecule has 1 aromatic rings. The number of primary amides is 1. The van der Waals surface area contributed by atoms with Crippen molar-refractivity contribution in [2.24, 2.45) is 23.1 Å². The van der Waals surface area contributed by atoms with Crippen LogP contribution in [0.25, 0.3) is 0 Å². The van der Waals surface area contributed by atoms with Gasteiger partial charge in [-0.05, 0) is 45.1 Å². The maximum atomic E-state index is 13.8. The lowest BCUT2D eigenvalue weighted by Gasteiger charge is -2.27. The number of thiol groups is 1. The van der Waals surface area contributed by atoms with Crippen molar-refractivity contribution in [3.8, 4) is 0 Å². The minimum absolute atomic E-state index is 0.0525. The zero-order valence-corrected chi connectivity index (χ0v) is 34.0. The first-order chi connectivity index (χ1) is 27.8. The Bertz CT molecular complexity index is 1580. The topological polar surface area (TPSA) is 405 Å². The third-order valence-electron chi connectivity index (χ3n) is 8.64. The number of carbonyl (C=O) groups is 9. The number of nitrogens with two attached hydrogens (primary N) is 3. The number of hydrogen-bond acceptors (Lipinski definition) is 15. The van der Waals surface area contributed by atoms with Crippen LogP contribution in [-0.2, 0) is 49.6 Å². The van der Waals surface area contributed by atoms with Gasteiger partial charge in [-0.2, -0.15) is 12.6 Å². The summed E-state index contributed by atoms with van der Waals surface area (Å²) in [4.78, 5) is 122. The van der Waals surface area contributed by atoms with Crippen molar-refractivity contribution in [3.05, 3.63) is 18.2 Å². The Morgan fingerprint density at radius 2 is 1.24 bits per heavy atom. The molecule has 0 unspecified atom stereocenters. The normalized spacial score (nSPS) is 15.1. The predicted molar refractivity (Wildman–Crippen MR) is 211 cm³/mol. The lowest BCUT2D eigenvalue weighted by molar-refractivity contribution is -0.143. The smallest absolute Gasteiger partial charge is 0.326 e. The maximum absolute atomic E-state index is 13.8. The van der Waals surface area contributed by atoms with Crippen molar-refractivity contribution in [1.29, 1.82) is 0 Å². The first-order valence-electron chi connectivity index (χ1n) is 18.7. The SMILES string of the molecule is CC(C)[C@H](NC(=O)[C@H](C)NC(=O)[C@H](Cc1c[nH]cn1)NC(=O)[C@H](CCC(N)=O)NC(=O)[C@H](CCCCN)NC(=O)[C@H](CO)NC(=O)[C@H](CS)NC(=O)[C@@H](N)CO)C(=O)O. The zero-order valence-electron chi connectivity index (χ0n) is 33.1. The minimum atomic E-state index is -1.65. The molecule has 0 saturated heterocycles. The molecule has 59 heavy (non-hydrogen) atoms. The summed E-state index contributed by atoms with van der Waals surface area (Å²) < 4.78 is 0. The van der Waals surface area contributed by atoms with Crippen LogP contribution in [0.1, 0.15) is 58.6 Å². The van der Waals surface area contributed by atoms with E-state index in [-0.39, 0.29) is 38.0 Å². The third kappa shape index (κ3) is 18.4.